The van der Waals surface area contributed by atoms with Gasteiger partial charge in [0.15, 0.2) is 0 Å². The van der Waals surface area contributed by atoms with Crippen molar-refractivity contribution in [3.05, 3.63) is 35.9 Å². The molecule has 0 aliphatic rings. The van der Waals surface area contributed by atoms with Gasteiger partial charge >= 0.3 is 5.97 Å². The molecule has 1 aromatic carbocycles. The highest BCUT2D eigenvalue weighted by Crippen LogP contribution is 2.08. The third kappa shape index (κ3) is 7.49. The lowest BCUT2D eigenvalue weighted by Gasteiger charge is -2.17. The maximum Gasteiger partial charge on any atom is 0.304 e. The van der Waals surface area contributed by atoms with Crippen molar-refractivity contribution in [2.45, 2.75) is 52.2 Å². The van der Waals surface area contributed by atoms with E-state index in [2.05, 4.69) is 23.9 Å². The Kier molecular flexibility index (Phi) is 7.77. The summed E-state index contributed by atoms with van der Waals surface area (Å²) in [6.07, 6.45) is 4.29. The highest BCUT2D eigenvalue weighted by atomic mass is 16.6. The van der Waals surface area contributed by atoms with Crippen LogP contribution in [0.25, 0.3) is 0 Å². The average molecular weight is 301 g/mol. The van der Waals surface area contributed by atoms with Gasteiger partial charge in [-0.05, 0) is 24.8 Å². The highest BCUT2D eigenvalue weighted by Gasteiger charge is 2.23. The summed E-state index contributed by atoms with van der Waals surface area (Å²) < 4.78 is 5.23. The molecule has 0 saturated carbocycles. The topological polar surface area (TPSA) is 47.9 Å². The number of hydrogen-bond donors (Lipinski definition) is 0. The molecule has 0 fully saturated rings. The third-order valence-corrected chi connectivity index (χ3v) is 2.80. The lowest BCUT2D eigenvalue weighted by molar-refractivity contribution is -0.145. The van der Waals surface area contributed by atoms with Crippen LogP contribution >= 0.6 is 0 Å². The second-order valence-electron chi connectivity index (χ2n) is 5.10. The zero-order valence-electron chi connectivity index (χ0n) is 13.5. The first-order valence-electron chi connectivity index (χ1n) is 7.46. The summed E-state index contributed by atoms with van der Waals surface area (Å²) in [5.74, 6) is 5.55. The number of oxime groups is 1. The van der Waals surface area contributed by atoms with Crippen molar-refractivity contribution in [1.29, 1.82) is 0 Å². The molecule has 0 radical (unpaired) electrons. The van der Waals surface area contributed by atoms with Gasteiger partial charge in [0.1, 0.15) is 6.61 Å². The Morgan fingerprint density at radius 1 is 1.36 bits per heavy atom. The average Bonchev–Trinajstić information content (AvgIpc) is 2.49. The van der Waals surface area contributed by atoms with E-state index in [9.17, 15) is 4.79 Å². The number of nitrogens with zero attached hydrogens (tertiary/aromatic N) is 1. The Bertz CT molecular complexity index is 542. The van der Waals surface area contributed by atoms with Gasteiger partial charge in [0.05, 0.1) is 6.21 Å². The van der Waals surface area contributed by atoms with Gasteiger partial charge in [0, 0.05) is 13.3 Å². The van der Waals surface area contributed by atoms with Crippen LogP contribution in [0.4, 0.5) is 0 Å². The van der Waals surface area contributed by atoms with Gasteiger partial charge in [-0.25, -0.2) is 0 Å². The minimum atomic E-state index is -1.06. The molecule has 1 rings (SSSR count). The van der Waals surface area contributed by atoms with Gasteiger partial charge in [-0.15, -0.1) is 0 Å². The predicted octanol–water partition coefficient (Wildman–Crippen LogP) is 3.70. The van der Waals surface area contributed by atoms with E-state index in [-0.39, 0.29) is 0 Å². The maximum absolute atomic E-state index is 11.2. The number of carbonyl (C=O) groups is 1. The molecule has 1 unspecified atom stereocenters. The van der Waals surface area contributed by atoms with Crippen LogP contribution in [-0.2, 0) is 21.0 Å². The summed E-state index contributed by atoms with van der Waals surface area (Å²) in [4.78, 5) is 16.4. The summed E-state index contributed by atoms with van der Waals surface area (Å²) >= 11 is 0. The van der Waals surface area contributed by atoms with Crippen LogP contribution in [0.15, 0.2) is 35.5 Å². The van der Waals surface area contributed by atoms with Gasteiger partial charge < -0.3 is 9.57 Å². The van der Waals surface area contributed by atoms with E-state index in [4.69, 9.17) is 9.57 Å². The third-order valence-electron chi connectivity index (χ3n) is 2.80. The fourth-order valence-corrected chi connectivity index (χ4v) is 1.71. The SMILES string of the molecule is CCCCC#CC(C)(/C=N/OCc1ccccc1)OC(C)=O. The molecule has 0 heterocycles. The second kappa shape index (κ2) is 9.62. The molecular weight excluding hydrogens is 278 g/mol. The lowest BCUT2D eigenvalue weighted by atomic mass is 10.1. The first-order valence-corrected chi connectivity index (χ1v) is 7.46. The molecule has 118 valence electrons. The Morgan fingerprint density at radius 2 is 2.09 bits per heavy atom. The number of ether oxygens (including phenoxy) is 1. The Hall–Kier alpha value is -2.28. The molecule has 4 heteroatoms. The van der Waals surface area contributed by atoms with Crippen LogP contribution < -0.4 is 0 Å². The molecule has 0 bridgehead atoms. The molecule has 22 heavy (non-hydrogen) atoms. The molecule has 0 spiro atoms. The first kappa shape index (κ1) is 17.8. The van der Waals surface area contributed by atoms with Gasteiger partial charge in [-0.1, -0.05) is 54.8 Å². The molecule has 4 nitrogen and oxygen atoms in total. The molecular formula is C18H23NO3. The number of esters is 1. The van der Waals surface area contributed by atoms with Gasteiger partial charge in [0.25, 0.3) is 0 Å². The molecule has 0 aromatic heterocycles. The minimum absolute atomic E-state index is 0.358. The molecule has 0 N–H and O–H groups in total. The van der Waals surface area contributed by atoms with Crippen molar-refractivity contribution in [1.82, 2.24) is 0 Å². The summed E-state index contributed by atoms with van der Waals surface area (Å²) in [6, 6.07) is 9.71. The summed E-state index contributed by atoms with van der Waals surface area (Å²) in [7, 11) is 0. The van der Waals surface area contributed by atoms with E-state index >= 15 is 0 Å². The first-order chi connectivity index (χ1) is 10.6. The van der Waals surface area contributed by atoms with E-state index in [0.29, 0.717) is 6.61 Å². The maximum atomic E-state index is 11.2. The van der Waals surface area contributed by atoms with Crippen molar-refractivity contribution in [3.8, 4) is 11.8 Å². The molecule has 0 saturated heterocycles. The van der Waals surface area contributed by atoms with Gasteiger partial charge in [-0.3, -0.25) is 4.79 Å². The number of rotatable bonds is 7. The minimum Gasteiger partial charge on any atom is -0.441 e. The summed E-state index contributed by atoms with van der Waals surface area (Å²) in [5, 5.41) is 3.89. The normalized spacial score (nSPS) is 13.0. The van der Waals surface area contributed by atoms with Crippen molar-refractivity contribution in [2.24, 2.45) is 5.16 Å². The Labute approximate surface area is 132 Å². The second-order valence-corrected chi connectivity index (χ2v) is 5.10. The van der Waals surface area contributed by atoms with Crippen molar-refractivity contribution >= 4 is 12.2 Å². The van der Waals surface area contributed by atoms with Crippen LogP contribution in [0, 0.1) is 11.8 Å². The summed E-state index contributed by atoms with van der Waals surface area (Å²) in [6.45, 7) is 5.51. The number of carbonyl (C=O) groups excluding carboxylic acids is 1. The van der Waals surface area contributed by atoms with Crippen LogP contribution in [0.5, 0.6) is 0 Å². The van der Waals surface area contributed by atoms with E-state index in [1.807, 2.05) is 30.3 Å². The van der Waals surface area contributed by atoms with Crippen LogP contribution in [0.1, 0.15) is 45.6 Å². The van der Waals surface area contributed by atoms with Crippen LogP contribution in [-0.4, -0.2) is 17.8 Å². The van der Waals surface area contributed by atoms with Crippen LogP contribution in [0.3, 0.4) is 0 Å². The molecule has 0 amide bonds. The lowest BCUT2D eigenvalue weighted by Crippen LogP contribution is -2.31. The quantitative estimate of drug-likeness (QED) is 0.254. The monoisotopic (exact) mass is 301 g/mol. The Morgan fingerprint density at radius 3 is 2.73 bits per heavy atom. The standard InChI is InChI=1S/C18H23NO3/c1-4-5-6-10-13-18(3,22-16(2)20)15-19-21-14-17-11-8-7-9-12-17/h7-9,11-12,15H,4-6,14H2,1-3H3/b19-15+. The number of unbranched alkanes of at least 4 members (excludes halogenated alkanes) is 2. The Balaban J connectivity index is 2.60. The number of hydrogen-bond acceptors (Lipinski definition) is 4. The van der Waals surface area contributed by atoms with E-state index in [0.717, 1.165) is 24.8 Å². The van der Waals surface area contributed by atoms with Crippen molar-refractivity contribution in [2.75, 3.05) is 0 Å². The smallest absolute Gasteiger partial charge is 0.304 e. The zero-order chi connectivity index (χ0) is 16.3. The van der Waals surface area contributed by atoms with Crippen LogP contribution in [0.2, 0.25) is 0 Å². The molecule has 1 aromatic rings. The molecule has 0 aliphatic carbocycles. The fraction of sp³-hybridized carbons (Fsp3) is 0.444. The van der Waals surface area contributed by atoms with E-state index in [1.54, 1.807) is 6.92 Å². The van der Waals surface area contributed by atoms with Gasteiger partial charge in [-0.2, -0.15) is 0 Å². The fourth-order valence-electron chi connectivity index (χ4n) is 1.71. The largest absolute Gasteiger partial charge is 0.441 e. The van der Waals surface area contributed by atoms with Crippen molar-refractivity contribution < 1.29 is 14.4 Å². The van der Waals surface area contributed by atoms with Gasteiger partial charge in [0.2, 0.25) is 5.60 Å². The zero-order valence-corrected chi connectivity index (χ0v) is 13.5. The number of benzene rings is 1. The van der Waals surface area contributed by atoms with E-state index < -0.39 is 11.6 Å². The molecule has 1 atom stereocenters. The van der Waals surface area contributed by atoms with Crippen molar-refractivity contribution in [3.63, 3.8) is 0 Å². The highest BCUT2D eigenvalue weighted by molar-refractivity contribution is 5.78. The van der Waals surface area contributed by atoms with E-state index in [1.165, 1.54) is 13.1 Å². The summed E-state index contributed by atoms with van der Waals surface area (Å²) in [5.41, 5.74) is -0.0427. The molecule has 0 aliphatic heterocycles. The predicted molar refractivity (Wildman–Crippen MR) is 87.2 cm³/mol.